The largest absolute Gasteiger partial charge is 0.352 e. The monoisotopic (exact) mass is 336 g/mol. The van der Waals surface area contributed by atoms with Gasteiger partial charge in [-0.3, -0.25) is 9.78 Å². The average Bonchev–Trinajstić information content (AvgIpc) is 2.42. The van der Waals surface area contributed by atoms with Gasteiger partial charge < -0.3 is 5.32 Å². The SMILES string of the molecule is O=C(NCCc1ccccn1)c1cc(S)ccc1Br. The second-order valence-corrected chi connectivity index (χ2v) is 5.36. The molecule has 0 saturated carbocycles. The van der Waals surface area contributed by atoms with Gasteiger partial charge in [-0.25, -0.2) is 0 Å². The zero-order valence-corrected chi connectivity index (χ0v) is 12.6. The number of carbonyl (C=O) groups excluding carboxylic acids is 1. The molecule has 2 rings (SSSR count). The molecule has 1 N–H and O–H groups in total. The van der Waals surface area contributed by atoms with E-state index in [9.17, 15) is 4.79 Å². The first-order chi connectivity index (χ1) is 9.16. The van der Waals surface area contributed by atoms with E-state index in [1.165, 1.54) is 0 Å². The van der Waals surface area contributed by atoms with Gasteiger partial charge in [0.15, 0.2) is 0 Å². The molecule has 0 aliphatic heterocycles. The van der Waals surface area contributed by atoms with Gasteiger partial charge in [-0.05, 0) is 46.3 Å². The maximum atomic E-state index is 12.0. The van der Waals surface area contributed by atoms with E-state index in [1.54, 1.807) is 12.3 Å². The lowest BCUT2D eigenvalue weighted by Gasteiger charge is -2.07. The van der Waals surface area contributed by atoms with Crippen molar-refractivity contribution in [1.29, 1.82) is 0 Å². The van der Waals surface area contributed by atoms with Gasteiger partial charge >= 0.3 is 0 Å². The van der Waals surface area contributed by atoms with Crippen molar-refractivity contribution in [1.82, 2.24) is 10.3 Å². The molecule has 0 bridgehead atoms. The number of aromatic nitrogens is 1. The summed E-state index contributed by atoms with van der Waals surface area (Å²) < 4.78 is 0.764. The summed E-state index contributed by atoms with van der Waals surface area (Å²) in [7, 11) is 0. The van der Waals surface area contributed by atoms with E-state index in [2.05, 4.69) is 38.9 Å². The van der Waals surface area contributed by atoms with Gasteiger partial charge in [0.05, 0.1) is 5.56 Å². The van der Waals surface area contributed by atoms with Crippen LogP contribution in [0.3, 0.4) is 0 Å². The number of hydrogen-bond donors (Lipinski definition) is 2. The number of benzene rings is 1. The highest BCUT2D eigenvalue weighted by Crippen LogP contribution is 2.20. The van der Waals surface area contributed by atoms with Gasteiger partial charge in [0.25, 0.3) is 5.91 Å². The Kier molecular flexibility index (Phi) is 4.99. The van der Waals surface area contributed by atoms with E-state index in [0.29, 0.717) is 18.5 Å². The van der Waals surface area contributed by atoms with Crippen LogP contribution in [0.4, 0.5) is 0 Å². The second-order valence-electron chi connectivity index (χ2n) is 3.99. The van der Waals surface area contributed by atoms with Crippen molar-refractivity contribution in [2.75, 3.05) is 6.54 Å². The van der Waals surface area contributed by atoms with Crippen LogP contribution in [0, 0.1) is 0 Å². The highest BCUT2D eigenvalue weighted by atomic mass is 79.9. The zero-order valence-electron chi connectivity index (χ0n) is 10.1. The molecule has 0 fully saturated rings. The van der Waals surface area contributed by atoms with E-state index in [0.717, 1.165) is 15.1 Å². The Bertz CT molecular complexity index is 575. The first kappa shape index (κ1) is 14.1. The lowest BCUT2D eigenvalue weighted by atomic mass is 10.2. The van der Waals surface area contributed by atoms with E-state index < -0.39 is 0 Å². The first-order valence-corrected chi connectivity index (χ1v) is 7.07. The van der Waals surface area contributed by atoms with Gasteiger partial charge in [0.2, 0.25) is 0 Å². The van der Waals surface area contributed by atoms with Crippen molar-refractivity contribution in [3.05, 3.63) is 58.3 Å². The number of rotatable bonds is 4. The number of amides is 1. The Hall–Kier alpha value is -1.33. The highest BCUT2D eigenvalue weighted by molar-refractivity contribution is 9.10. The Morgan fingerprint density at radius 3 is 2.89 bits per heavy atom. The van der Waals surface area contributed by atoms with Crippen LogP contribution in [0.1, 0.15) is 16.1 Å². The Balaban J connectivity index is 1.93. The molecule has 0 radical (unpaired) electrons. The molecule has 0 aliphatic carbocycles. The average molecular weight is 337 g/mol. The third kappa shape index (κ3) is 4.08. The zero-order chi connectivity index (χ0) is 13.7. The molecule has 1 aromatic heterocycles. The van der Waals surface area contributed by atoms with Gasteiger partial charge in [0, 0.05) is 34.2 Å². The summed E-state index contributed by atoms with van der Waals surface area (Å²) in [4.78, 5) is 17.0. The van der Waals surface area contributed by atoms with E-state index >= 15 is 0 Å². The molecular weight excluding hydrogens is 324 g/mol. The maximum absolute atomic E-state index is 12.0. The van der Waals surface area contributed by atoms with Crippen LogP contribution < -0.4 is 5.32 Å². The molecular formula is C14H13BrN2OS. The number of pyridine rings is 1. The van der Waals surface area contributed by atoms with Crippen molar-refractivity contribution in [3.63, 3.8) is 0 Å². The molecule has 0 atom stereocenters. The molecule has 0 saturated heterocycles. The van der Waals surface area contributed by atoms with Crippen molar-refractivity contribution < 1.29 is 4.79 Å². The van der Waals surface area contributed by atoms with Crippen LogP contribution in [-0.2, 0) is 6.42 Å². The third-order valence-corrected chi connectivity index (χ3v) is 3.56. The summed E-state index contributed by atoms with van der Waals surface area (Å²) in [6, 6.07) is 11.1. The predicted molar refractivity (Wildman–Crippen MR) is 81.7 cm³/mol. The van der Waals surface area contributed by atoms with Crippen molar-refractivity contribution >= 4 is 34.5 Å². The lowest BCUT2D eigenvalue weighted by molar-refractivity contribution is 0.0953. The summed E-state index contributed by atoms with van der Waals surface area (Å²) in [5.41, 5.74) is 1.55. The van der Waals surface area contributed by atoms with Crippen molar-refractivity contribution in [2.45, 2.75) is 11.3 Å². The number of nitrogens with one attached hydrogen (secondary N) is 1. The third-order valence-electron chi connectivity index (χ3n) is 2.59. The molecule has 0 spiro atoms. The summed E-state index contributed by atoms with van der Waals surface area (Å²) in [5.74, 6) is -0.112. The number of halogens is 1. The number of nitrogens with zero attached hydrogens (tertiary/aromatic N) is 1. The minimum absolute atomic E-state index is 0.112. The second kappa shape index (κ2) is 6.73. The minimum atomic E-state index is -0.112. The van der Waals surface area contributed by atoms with Crippen LogP contribution in [0.25, 0.3) is 0 Å². The summed E-state index contributed by atoms with van der Waals surface area (Å²) in [6.45, 7) is 0.555. The molecule has 5 heteroatoms. The van der Waals surface area contributed by atoms with Gasteiger partial charge in [0.1, 0.15) is 0 Å². The summed E-state index contributed by atoms with van der Waals surface area (Å²) in [6.07, 6.45) is 2.46. The molecule has 19 heavy (non-hydrogen) atoms. The minimum Gasteiger partial charge on any atom is -0.352 e. The van der Waals surface area contributed by atoms with Crippen LogP contribution in [-0.4, -0.2) is 17.4 Å². The van der Waals surface area contributed by atoms with Crippen LogP contribution in [0.2, 0.25) is 0 Å². The number of hydrogen-bond acceptors (Lipinski definition) is 3. The Morgan fingerprint density at radius 1 is 1.32 bits per heavy atom. The normalized spacial score (nSPS) is 10.2. The van der Waals surface area contributed by atoms with Crippen LogP contribution in [0.5, 0.6) is 0 Å². The molecule has 0 aliphatic rings. The summed E-state index contributed by atoms with van der Waals surface area (Å²) >= 11 is 7.59. The fourth-order valence-corrected chi connectivity index (χ4v) is 2.26. The lowest BCUT2D eigenvalue weighted by Crippen LogP contribution is -2.26. The summed E-state index contributed by atoms with van der Waals surface area (Å²) in [5, 5.41) is 2.87. The number of thiol groups is 1. The molecule has 0 unspecified atom stereocenters. The fraction of sp³-hybridized carbons (Fsp3) is 0.143. The van der Waals surface area contributed by atoms with Crippen LogP contribution >= 0.6 is 28.6 Å². The van der Waals surface area contributed by atoms with E-state index in [4.69, 9.17) is 0 Å². The molecule has 1 amide bonds. The molecule has 3 nitrogen and oxygen atoms in total. The van der Waals surface area contributed by atoms with Gasteiger partial charge in [-0.2, -0.15) is 0 Å². The van der Waals surface area contributed by atoms with Crippen LogP contribution in [0.15, 0.2) is 52.0 Å². The topological polar surface area (TPSA) is 42.0 Å². The molecule has 1 heterocycles. The maximum Gasteiger partial charge on any atom is 0.252 e. The molecule has 2 aromatic rings. The highest BCUT2D eigenvalue weighted by Gasteiger charge is 2.09. The quantitative estimate of drug-likeness (QED) is 0.842. The smallest absolute Gasteiger partial charge is 0.252 e. The number of carbonyl (C=O) groups is 1. The first-order valence-electron chi connectivity index (χ1n) is 5.83. The Labute approximate surface area is 126 Å². The predicted octanol–water partition coefficient (Wildman–Crippen LogP) is 3.11. The van der Waals surface area contributed by atoms with Crippen molar-refractivity contribution in [2.24, 2.45) is 0 Å². The fourth-order valence-electron chi connectivity index (χ4n) is 1.63. The van der Waals surface area contributed by atoms with E-state index in [1.807, 2.05) is 30.3 Å². The van der Waals surface area contributed by atoms with E-state index in [-0.39, 0.29) is 5.91 Å². The van der Waals surface area contributed by atoms with Gasteiger partial charge in [-0.15, -0.1) is 12.6 Å². The molecule has 1 aromatic carbocycles. The van der Waals surface area contributed by atoms with Gasteiger partial charge in [-0.1, -0.05) is 6.07 Å². The Morgan fingerprint density at radius 2 is 2.16 bits per heavy atom. The standard InChI is InChI=1S/C14H13BrN2OS/c15-13-5-4-11(19)9-12(13)14(18)17-8-6-10-3-1-2-7-16-10/h1-5,7,9,19H,6,8H2,(H,17,18). The molecule has 98 valence electrons. The van der Waals surface area contributed by atoms with Crippen molar-refractivity contribution in [3.8, 4) is 0 Å².